The van der Waals surface area contributed by atoms with Gasteiger partial charge in [-0.15, -0.1) is 0 Å². The maximum Gasteiger partial charge on any atom is 0.218 e. The molecular weight excluding hydrogens is 276 g/mol. The minimum Gasteiger partial charge on any atom is -0.315 e. The second kappa shape index (κ2) is 5.44. The van der Waals surface area contributed by atoms with Gasteiger partial charge in [0.05, 0.1) is 16.8 Å². The van der Waals surface area contributed by atoms with Crippen LogP contribution < -0.4 is 5.32 Å². The molecule has 2 aliphatic heterocycles. The van der Waals surface area contributed by atoms with Gasteiger partial charge >= 0.3 is 0 Å². The van der Waals surface area contributed by atoms with E-state index in [2.05, 4.69) is 5.32 Å². The van der Waals surface area contributed by atoms with E-state index in [1.807, 2.05) is 0 Å². The Kier molecular flexibility index (Phi) is 4.30. The lowest BCUT2D eigenvalue weighted by Gasteiger charge is -2.28. The van der Waals surface area contributed by atoms with E-state index in [-0.39, 0.29) is 18.1 Å². The van der Waals surface area contributed by atoms with Crippen LogP contribution in [0.3, 0.4) is 0 Å². The van der Waals surface area contributed by atoms with E-state index >= 15 is 0 Å². The van der Waals surface area contributed by atoms with E-state index in [1.165, 1.54) is 4.31 Å². The second-order valence-corrected chi connectivity index (χ2v) is 9.43. The fourth-order valence-electron chi connectivity index (χ4n) is 2.45. The van der Waals surface area contributed by atoms with Crippen LogP contribution >= 0.6 is 0 Å². The van der Waals surface area contributed by atoms with E-state index in [9.17, 15) is 16.8 Å². The van der Waals surface area contributed by atoms with E-state index < -0.39 is 25.1 Å². The van der Waals surface area contributed by atoms with Gasteiger partial charge < -0.3 is 5.32 Å². The van der Waals surface area contributed by atoms with Gasteiger partial charge in [-0.2, -0.15) is 0 Å². The minimum absolute atomic E-state index is 0.0492. The zero-order valence-electron chi connectivity index (χ0n) is 10.3. The van der Waals surface area contributed by atoms with Crippen molar-refractivity contribution >= 4 is 19.9 Å². The van der Waals surface area contributed by atoms with Crippen LogP contribution in [0.1, 0.15) is 19.3 Å². The lowest BCUT2D eigenvalue weighted by molar-refractivity contribution is 0.408. The number of rotatable bonds is 2. The number of nitrogens with one attached hydrogen (secondary N) is 1. The highest BCUT2D eigenvalue weighted by atomic mass is 32.2. The fourth-order valence-corrected chi connectivity index (χ4v) is 5.79. The van der Waals surface area contributed by atoms with E-state index in [4.69, 9.17) is 0 Å². The van der Waals surface area contributed by atoms with Crippen LogP contribution in [0.4, 0.5) is 0 Å². The summed E-state index contributed by atoms with van der Waals surface area (Å²) < 4.78 is 49.1. The van der Waals surface area contributed by atoms with Crippen molar-refractivity contribution in [2.45, 2.75) is 24.5 Å². The van der Waals surface area contributed by atoms with Gasteiger partial charge in [0.1, 0.15) is 0 Å². The number of piperidine rings is 1. The Labute approximate surface area is 109 Å². The molecule has 2 heterocycles. The molecule has 18 heavy (non-hydrogen) atoms. The minimum atomic E-state index is -3.35. The SMILES string of the molecule is O=S1(=O)CCCN(S(=O)(=O)C2CCCNC2)CC1. The molecule has 0 aromatic carbocycles. The summed E-state index contributed by atoms with van der Waals surface area (Å²) in [5.74, 6) is 0.0499. The molecule has 1 atom stereocenters. The predicted molar refractivity (Wildman–Crippen MR) is 69.7 cm³/mol. The number of sulfonamides is 1. The lowest BCUT2D eigenvalue weighted by atomic mass is 10.2. The van der Waals surface area contributed by atoms with Crippen molar-refractivity contribution in [3.8, 4) is 0 Å². The zero-order valence-corrected chi connectivity index (χ0v) is 12.0. The van der Waals surface area contributed by atoms with Gasteiger partial charge in [-0.3, -0.25) is 0 Å². The molecule has 0 aromatic rings. The van der Waals surface area contributed by atoms with Crippen molar-refractivity contribution in [1.29, 1.82) is 0 Å². The molecule has 0 amide bonds. The molecule has 0 radical (unpaired) electrons. The normalized spacial score (nSPS) is 30.8. The third kappa shape index (κ3) is 3.23. The summed E-state index contributed by atoms with van der Waals surface area (Å²) in [6.07, 6.45) is 1.93. The molecule has 2 aliphatic rings. The van der Waals surface area contributed by atoms with Gasteiger partial charge in [0.25, 0.3) is 0 Å². The Balaban J connectivity index is 2.09. The average Bonchev–Trinajstić information content (AvgIpc) is 2.52. The molecule has 0 aliphatic carbocycles. The van der Waals surface area contributed by atoms with Gasteiger partial charge in [-0.05, 0) is 25.8 Å². The monoisotopic (exact) mass is 296 g/mol. The van der Waals surface area contributed by atoms with Gasteiger partial charge in [-0.1, -0.05) is 0 Å². The molecule has 2 rings (SSSR count). The zero-order chi connectivity index (χ0) is 13.2. The van der Waals surface area contributed by atoms with Crippen LogP contribution in [0.15, 0.2) is 0 Å². The highest BCUT2D eigenvalue weighted by Gasteiger charge is 2.34. The Hall–Kier alpha value is -0.180. The predicted octanol–water partition coefficient (Wildman–Crippen LogP) is -0.811. The Bertz CT molecular complexity index is 480. The number of hydrogen-bond acceptors (Lipinski definition) is 5. The molecule has 2 saturated heterocycles. The summed E-state index contributed by atoms with van der Waals surface area (Å²) >= 11 is 0. The van der Waals surface area contributed by atoms with Crippen LogP contribution in [0, 0.1) is 0 Å². The number of sulfone groups is 1. The van der Waals surface area contributed by atoms with Crippen molar-refractivity contribution in [3.63, 3.8) is 0 Å². The maximum atomic E-state index is 12.4. The molecule has 2 fully saturated rings. The highest BCUT2D eigenvalue weighted by Crippen LogP contribution is 2.18. The summed E-state index contributed by atoms with van der Waals surface area (Å²) in [5, 5.41) is 2.69. The second-order valence-electron chi connectivity index (χ2n) is 4.92. The Morgan fingerprint density at radius 1 is 1.11 bits per heavy atom. The van der Waals surface area contributed by atoms with E-state index in [1.54, 1.807) is 0 Å². The van der Waals surface area contributed by atoms with Crippen molar-refractivity contribution in [2.24, 2.45) is 0 Å². The van der Waals surface area contributed by atoms with Gasteiger partial charge in [0.2, 0.25) is 10.0 Å². The molecule has 0 aromatic heterocycles. The van der Waals surface area contributed by atoms with E-state index in [0.717, 1.165) is 13.0 Å². The average molecular weight is 296 g/mol. The van der Waals surface area contributed by atoms with Gasteiger partial charge in [0, 0.05) is 19.6 Å². The standard InChI is InChI=1S/C10H20N2O4S2/c13-17(14)7-2-5-12(6-8-17)18(15,16)10-3-1-4-11-9-10/h10-11H,1-9H2. The first-order valence-corrected chi connectivity index (χ1v) is 9.64. The van der Waals surface area contributed by atoms with Crippen molar-refractivity contribution in [1.82, 2.24) is 9.62 Å². The first kappa shape index (κ1) is 14.2. The Morgan fingerprint density at radius 2 is 1.89 bits per heavy atom. The maximum absolute atomic E-state index is 12.4. The van der Waals surface area contributed by atoms with Crippen molar-refractivity contribution in [2.75, 3.05) is 37.7 Å². The highest BCUT2D eigenvalue weighted by molar-refractivity contribution is 7.91. The molecule has 0 bridgehead atoms. The summed E-state index contributed by atoms with van der Waals surface area (Å²) in [7, 11) is -6.42. The van der Waals surface area contributed by atoms with Crippen LogP contribution in [-0.4, -0.2) is 64.1 Å². The summed E-state index contributed by atoms with van der Waals surface area (Å²) in [6.45, 7) is 1.78. The fraction of sp³-hybridized carbons (Fsp3) is 1.00. The molecule has 1 N–H and O–H groups in total. The quantitative estimate of drug-likeness (QED) is 0.720. The van der Waals surface area contributed by atoms with Gasteiger partial charge in [0.15, 0.2) is 9.84 Å². The first-order valence-electron chi connectivity index (χ1n) is 6.32. The molecule has 106 valence electrons. The van der Waals surface area contributed by atoms with Crippen molar-refractivity contribution < 1.29 is 16.8 Å². The topological polar surface area (TPSA) is 83.6 Å². The smallest absolute Gasteiger partial charge is 0.218 e. The number of hydrogen-bond donors (Lipinski definition) is 1. The molecule has 8 heteroatoms. The van der Waals surface area contributed by atoms with Crippen LogP contribution in [-0.2, 0) is 19.9 Å². The van der Waals surface area contributed by atoms with Gasteiger partial charge in [-0.25, -0.2) is 21.1 Å². The molecule has 0 saturated carbocycles. The third-order valence-corrected chi connectivity index (χ3v) is 7.59. The van der Waals surface area contributed by atoms with Crippen LogP contribution in [0.25, 0.3) is 0 Å². The van der Waals surface area contributed by atoms with Crippen LogP contribution in [0.5, 0.6) is 0 Å². The molecule has 6 nitrogen and oxygen atoms in total. The van der Waals surface area contributed by atoms with E-state index in [0.29, 0.717) is 25.9 Å². The molecule has 0 spiro atoms. The summed E-state index contributed by atoms with van der Waals surface area (Å²) in [5.41, 5.74) is 0. The molecular formula is C10H20N2O4S2. The van der Waals surface area contributed by atoms with Crippen molar-refractivity contribution in [3.05, 3.63) is 0 Å². The summed E-state index contributed by atoms with van der Waals surface area (Å²) in [4.78, 5) is 0. The summed E-state index contributed by atoms with van der Waals surface area (Å²) in [6, 6.07) is 0. The number of nitrogens with zero attached hydrogens (tertiary/aromatic N) is 1. The third-order valence-electron chi connectivity index (χ3n) is 3.55. The first-order chi connectivity index (χ1) is 8.42. The lowest BCUT2D eigenvalue weighted by Crippen LogP contribution is -2.47. The Morgan fingerprint density at radius 3 is 2.56 bits per heavy atom. The van der Waals surface area contributed by atoms with Crippen LogP contribution in [0.2, 0.25) is 0 Å². The molecule has 1 unspecified atom stereocenters. The largest absolute Gasteiger partial charge is 0.315 e.